The maximum absolute atomic E-state index is 10.7. The van der Waals surface area contributed by atoms with E-state index < -0.39 is 0 Å². The van der Waals surface area contributed by atoms with Crippen molar-refractivity contribution in [2.24, 2.45) is 0 Å². The van der Waals surface area contributed by atoms with Crippen LogP contribution in [-0.2, 0) is 17.8 Å². The number of amides is 1. The second-order valence-corrected chi connectivity index (χ2v) is 4.62. The molecule has 0 saturated heterocycles. The molecular formula is C13H24N4O. The Bertz CT molecular complexity index is 349. The Balaban J connectivity index is 2.15. The van der Waals surface area contributed by atoms with Crippen LogP contribution in [-0.4, -0.2) is 27.4 Å². The Kier molecular flexibility index (Phi) is 7.06. The number of unbranched alkanes of at least 4 members (excludes halogenated alkanes) is 4. The molecule has 0 aliphatic carbocycles. The van der Waals surface area contributed by atoms with Gasteiger partial charge in [-0.1, -0.05) is 37.8 Å². The number of aryl methyl sites for hydroxylation is 1. The third-order valence-corrected chi connectivity index (χ3v) is 2.84. The van der Waals surface area contributed by atoms with Gasteiger partial charge in [0.05, 0.1) is 12.2 Å². The number of rotatable bonds is 9. The predicted molar refractivity (Wildman–Crippen MR) is 71.2 cm³/mol. The molecule has 1 heterocycles. The van der Waals surface area contributed by atoms with E-state index in [1.54, 1.807) is 4.68 Å². The van der Waals surface area contributed by atoms with Gasteiger partial charge in [-0.25, -0.2) is 0 Å². The summed E-state index contributed by atoms with van der Waals surface area (Å²) < 4.78 is 1.79. The van der Waals surface area contributed by atoms with Crippen LogP contribution in [0.15, 0.2) is 6.20 Å². The summed E-state index contributed by atoms with van der Waals surface area (Å²) in [6.07, 6.45) is 9.35. The van der Waals surface area contributed by atoms with E-state index in [1.165, 1.54) is 39.0 Å². The summed E-state index contributed by atoms with van der Waals surface area (Å²) in [6.45, 7) is 5.03. The number of nitrogens with zero attached hydrogens (tertiary/aromatic N) is 3. The van der Waals surface area contributed by atoms with Crippen molar-refractivity contribution in [1.29, 1.82) is 0 Å². The SMILES string of the molecule is CCCCCCCc1cn(CCNC(C)=O)nn1. The third kappa shape index (κ3) is 6.37. The van der Waals surface area contributed by atoms with E-state index in [0.717, 1.165) is 12.1 Å². The van der Waals surface area contributed by atoms with Crippen LogP contribution in [0.2, 0.25) is 0 Å². The zero-order valence-electron chi connectivity index (χ0n) is 11.5. The smallest absolute Gasteiger partial charge is 0.216 e. The van der Waals surface area contributed by atoms with Gasteiger partial charge in [0.25, 0.3) is 0 Å². The van der Waals surface area contributed by atoms with Gasteiger partial charge in [0.1, 0.15) is 0 Å². The molecule has 1 N–H and O–H groups in total. The van der Waals surface area contributed by atoms with E-state index in [0.29, 0.717) is 13.1 Å². The lowest BCUT2D eigenvalue weighted by Crippen LogP contribution is -2.24. The van der Waals surface area contributed by atoms with E-state index >= 15 is 0 Å². The van der Waals surface area contributed by atoms with Crippen LogP contribution in [0.3, 0.4) is 0 Å². The van der Waals surface area contributed by atoms with Gasteiger partial charge in [0.2, 0.25) is 5.91 Å². The fraction of sp³-hybridized carbons (Fsp3) is 0.769. The topological polar surface area (TPSA) is 59.8 Å². The second-order valence-electron chi connectivity index (χ2n) is 4.62. The Morgan fingerprint density at radius 2 is 2.11 bits per heavy atom. The molecule has 5 nitrogen and oxygen atoms in total. The number of hydrogen-bond acceptors (Lipinski definition) is 3. The molecule has 5 heteroatoms. The van der Waals surface area contributed by atoms with Gasteiger partial charge in [0, 0.05) is 19.7 Å². The maximum Gasteiger partial charge on any atom is 0.216 e. The van der Waals surface area contributed by atoms with Crippen molar-refractivity contribution in [2.75, 3.05) is 6.54 Å². The van der Waals surface area contributed by atoms with Crippen LogP contribution < -0.4 is 5.32 Å². The molecule has 18 heavy (non-hydrogen) atoms. The zero-order chi connectivity index (χ0) is 13.2. The van der Waals surface area contributed by atoms with Crippen LogP contribution in [0.5, 0.6) is 0 Å². The summed E-state index contributed by atoms with van der Waals surface area (Å²) in [5.41, 5.74) is 1.05. The lowest BCUT2D eigenvalue weighted by Gasteiger charge is -2.00. The van der Waals surface area contributed by atoms with Gasteiger partial charge < -0.3 is 5.32 Å². The van der Waals surface area contributed by atoms with Crippen molar-refractivity contribution < 1.29 is 4.79 Å². The average molecular weight is 252 g/mol. The molecule has 0 unspecified atom stereocenters. The minimum Gasteiger partial charge on any atom is -0.354 e. The highest BCUT2D eigenvalue weighted by Gasteiger charge is 2.01. The van der Waals surface area contributed by atoms with Crippen LogP contribution in [0, 0.1) is 0 Å². The molecule has 1 amide bonds. The predicted octanol–water partition coefficient (Wildman–Crippen LogP) is 1.93. The fourth-order valence-corrected chi connectivity index (χ4v) is 1.82. The number of nitrogens with one attached hydrogen (secondary N) is 1. The van der Waals surface area contributed by atoms with Crippen molar-refractivity contribution >= 4 is 5.91 Å². The van der Waals surface area contributed by atoms with Crippen molar-refractivity contribution in [2.45, 2.75) is 58.9 Å². The Morgan fingerprint density at radius 1 is 1.33 bits per heavy atom. The van der Waals surface area contributed by atoms with E-state index in [-0.39, 0.29) is 5.91 Å². The number of carbonyl (C=O) groups excluding carboxylic acids is 1. The van der Waals surface area contributed by atoms with E-state index in [4.69, 9.17) is 0 Å². The van der Waals surface area contributed by atoms with E-state index in [2.05, 4.69) is 22.6 Å². The largest absolute Gasteiger partial charge is 0.354 e. The Labute approximate surface area is 109 Å². The normalized spacial score (nSPS) is 10.6. The average Bonchev–Trinajstić information content (AvgIpc) is 2.76. The molecule has 0 atom stereocenters. The third-order valence-electron chi connectivity index (χ3n) is 2.84. The second kappa shape index (κ2) is 8.66. The monoisotopic (exact) mass is 252 g/mol. The Morgan fingerprint density at radius 3 is 2.83 bits per heavy atom. The van der Waals surface area contributed by atoms with Crippen LogP contribution >= 0.6 is 0 Å². The minimum atomic E-state index is -0.00809. The molecule has 1 aromatic rings. The molecule has 0 fully saturated rings. The first-order valence-corrected chi connectivity index (χ1v) is 6.86. The van der Waals surface area contributed by atoms with Gasteiger partial charge in [-0.3, -0.25) is 9.48 Å². The molecule has 1 rings (SSSR count). The maximum atomic E-state index is 10.7. The van der Waals surface area contributed by atoms with Gasteiger partial charge in [-0.15, -0.1) is 5.10 Å². The summed E-state index contributed by atoms with van der Waals surface area (Å²) in [7, 11) is 0. The Hall–Kier alpha value is -1.39. The molecule has 0 spiro atoms. The summed E-state index contributed by atoms with van der Waals surface area (Å²) in [4.78, 5) is 10.7. The number of carbonyl (C=O) groups is 1. The van der Waals surface area contributed by atoms with Gasteiger partial charge in [0.15, 0.2) is 0 Å². The first kappa shape index (κ1) is 14.7. The van der Waals surface area contributed by atoms with E-state index in [1.807, 2.05) is 6.20 Å². The quantitative estimate of drug-likeness (QED) is 0.683. The molecule has 102 valence electrons. The van der Waals surface area contributed by atoms with Crippen molar-refractivity contribution in [3.8, 4) is 0 Å². The molecule has 0 aromatic carbocycles. The summed E-state index contributed by atoms with van der Waals surface area (Å²) in [5, 5.41) is 10.9. The highest BCUT2D eigenvalue weighted by atomic mass is 16.1. The standard InChI is InChI=1S/C13H24N4O/c1-3-4-5-6-7-8-13-11-17(16-15-13)10-9-14-12(2)18/h11H,3-10H2,1-2H3,(H,14,18). The molecule has 0 radical (unpaired) electrons. The first-order valence-electron chi connectivity index (χ1n) is 6.86. The molecule has 0 saturated carbocycles. The lowest BCUT2D eigenvalue weighted by atomic mass is 10.1. The van der Waals surface area contributed by atoms with Crippen LogP contribution in [0.1, 0.15) is 51.6 Å². The summed E-state index contributed by atoms with van der Waals surface area (Å²) >= 11 is 0. The summed E-state index contributed by atoms with van der Waals surface area (Å²) in [6, 6.07) is 0. The molecule has 0 aliphatic heterocycles. The highest BCUT2D eigenvalue weighted by Crippen LogP contribution is 2.06. The molecule has 0 bridgehead atoms. The number of hydrogen-bond donors (Lipinski definition) is 1. The highest BCUT2D eigenvalue weighted by molar-refractivity contribution is 5.72. The van der Waals surface area contributed by atoms with E-state index in [9.17, 15) is 4.79 Å². The van der Waals surface area contributed by atoms with Gasteiger partial charge in [-0.05, 0) is 12.8 Å². The van der Waals surface area contributed by atoms with Crippen LogP contribution in [0.25, 0.3) is 0 Å². The molecular weight excluding hydrogens is 228 g/mol. The minimum absolute atomic E-state index is 0.00809. The van der Waals surface area contributed by atoms with Crippen LogP contribution in [0.4, 0.5) is 0 Å². The number of aromatic nitrogens is 3. The molecule has 0 aliphatic rings. The van der Waals surface area contributed by atoms with Gasteiger partial charge in [-0.2, -0.15) is 0 Å². The molecule has 1 aromatic heterocycles. The fourth-order valence-electron chi connectivity index (χ4n) is 1.82. The van der Waals surface area contributed by atoms with Crippen molar-refractivity contribution in [3.05, 3.63) is 11.9 Å². The lowest BCUT2D eigenvalue weighted by molar-refractivity contribution is -0.118. The first-order chi connectivity index (χ1) is 8.72. The van der Waals surface area contributed by atoms with Crippen molar-refractivity contribution in [1.82, 2.24) is 20.3 Å². The zero-order valence-corrected chi connectivity index (χ0v) is 11.5. The van der Waals surface area contributed by atoms with Gasteiger partial charge >= 0.3 is 0 Å². The van der Waals surface area contributed by atoms with Crippen molar-refractivity contribution in [3.63, 3.8) is 0 Å². The summed E-state index contributed by atoms with van der Waals surface area (Å²) in [5.74, 6) is -0.00809.